The second kappa shape index (κ2) is 6.74. The van der Waals surface area contributed by atoms with E-state index in [1.165, 1.54) is 0 Å². The summed E-state index contributed by atoms with van der Waals surface area (Å²) in [7, 11) is 0. The predicted molar refractivity (Wildman–Crippen MR) is 65.1 cm³/mol. The second-order valence-electron chi connectivity index (χ2n) is 5.55. The maximum absolute atomic E-state index is 12.3. The molecule has 0 unspecified atom stereocenters. The third-order valence-electron chi connectivity index (χ3n) is 3.92. The topological polar surface area (TPSA) is 64.7 Å². The number of halogens is 3. The maximum atomic E-state index is 12.3. The molecule has 110 valence electrons. The van der Waals surface area contributed by atoms with Gasteiger partial charge in [0.1, 0.15) is 11.7 Å². The average Bonchev–Trinajstić information content (AvgIpc) is 2.43. The number of rotatable bonds is 5. The van der Waals surface area contributed by atoms with Crippen molar-refractivity contribution in [2.24, 2.45) is 17.3 Å². The van der Waals surface area contributed by atoms with Gasteiger partial charge >= 0.3 is 6.18 Å². The molecule has 0 aliphatic heterocycles. The van der Waals surface area contributed by atoms with Crippen molar-refractivity contribution in [3.8, 4) is 12.1 Å². The van der Waals surface area contributed by atoms with E-state index in [9.17, 15) is 18.0 Å². The quantitative estimate of drug-likeness (QED) is 0.723. The SMILES string of the molecule is N#CC(C#N)(CCC(F)(F)F)C[C@H]1CCC[C@@H](C=O)C1. The summed E-state index contributed by atoms with van der Waals surface area (Å²) in [6.07, 6.45) is -2.06. The molecule has 3 nitrogen and oxygen atoms in total. The molecule has 1 aliphatic carbocycles. The molecule has 2 atom stereocenters. The summed E-state index contributed by atoms with van der Waals surface area (Å²) in [5.74, 6) is -0.113. The molecule has 0 spiro atoms. The lowest BCUT2D eigenvalue weighted by Gasteiger charge is -2.30. The Balaban J connectivity index is 2.69. The zero-order chi connectivity index (χ0) is 15.2. The van der Waals surface area contributed by atoms with Gasteiger partial charge in [-0.1, -0.05) is 12.8 Å². The highest BCUT2D eigenvalue weighted by Crippen LogP contribution is 2.40. The van der Waals surface area contributed by atoms with Crippen LogP contribution in [0.3, 0.4) is 0 Å². The number of nitrogens with zero attached hydrogens (tertiary/aromatic N) is 2. The van der Waals surface area contributed by atoms with Crippen LogP contribution in [0, 0.1) is 39.9 Å². The smallest absolute Gasteiger partial charge is 0.303 e. The van der Waals surface area contributed by atoms with Crippen LogP contribution in [0.4, 0.5) is 13.2 Å². The molecule has 1 fully saturated rings. The molecule has 0 saturated heterocycles. The van der Waals surface area contributed by atoms with Crippen LogP contribution in [0.15, 0.2) is 0 Å². The standard InChI is InChI=1S/C14H17F3N2O/c15-14(16,17)5-4-13(9-18,10-19)7-11-2-1-3-12(6-11)8-20/h8,11-12H,1-7H2/t11-,12+/m0/s1. The van der Waals surface area contributed by atoms with Gasteiger partial charge in [-0.05, 0) is 31.6 Å². The van der Waals surface area contributed by atoms with Crippen molar-refractivity contribution in [1.82, 2.24) is 0 Å². The van der Waals surface area contributed by atoms with Crippen LogP contribution in [0.2, 0.25) is 0 Å². The monoisotopic (exact) mass is 286 g/mol. The first kappa shape index (κ1) is 16.5. The number of alkyl halides is 3. The van der Waals surface area contributed by atoms with Gasteiger partial charge in [0.05, 0.1) is 12.1 Å². The lowest BCUT2D eigenvalue weighted by Crippen LogP contribution is -2.27. The molecular formula is C14H17F3N2O. The Morgan fingerprint density at radius 3 is 2.30 bits per heavy atom. The van der Waals surface area contributed by atoms with E-state index in [1.54, 1.807) is 12.1 Å². The van der Waals surface area contributed by atoms with Gasteiger partial charge in [0.2, 0.25) is 0 Å². The van der Waals surface area contributed by atoms with Crippen LogP contribution < -0.4 is 0 Å². The highest BCUT2D eigenvalue weighted by molar-refractivity contribution is 5.53. The van der Waals surface area contributed by atoms with Crippen molar-refractivity contribution in [2.75, 3.05) is 0 Å². The van der Waals surface area contributed by atoms with Crippen molar-refractivity contribution in [1.29, 1.82) is 10.5 Å². The Labute approximate surface area is 116 Å². The third kappa shape index (κ3) is 4.85. The number of nitriles is 2. The van der Waals surface area contributed by atoms with E-state index in [-0.39, 0.29) is 18.3 Å². The Morgan fingerprint density at radius 2 is 1.80 bits per heavy atom. The summed E-state index contributed by atoms with van der Waals surface area (Å²) < 4.78 is 36.9. The van der Waals surface area contributed by atoms with Gasteiger partial charge in [-0.2, -0.15) is 23.7 Å². The molecule has 0 aromatic rings. The number of hydrogen-bond donors (Lipinski definition) is 0. The van der Waals surface area contributed by atoms with Gasteiger partial charge in [0.25, 0.3) is 0 Å². The molecule has 6 heteroatoms. The fourth-order valence-electron chi connectivity index (χ4n) is 2.82. The van der Waals surface area contributed by atoms with Gasteiger partial charge < -0.3 is 4.79 Å². The normalized spacial score (nSPS) is 23.6. The zero-order valence-electron chi connectivity index (χ0n) is 11.1. The van der Waals surface area contributed by atoms with E-state index < -0.39 is 24.4 Å². The summed E-state index contributed by atoms with van der Waals surface area (Å²) in [5, 5.41) is 18.2. The summed E-state index contributed by atoms with van der Waals surface area (Å²) in [5.41, 5.74) is -1.59. The fourth-order valence-corrected chi connectivity index (χ4v) is 2.82. The largest absolute Gasteiger partial charge is 0.389 e. The summed E-state index contributed by atoms with van der Waals surface area (Å²) >= 11 is 0. The van der Waals surface area contributed by atoms with Crippen molar-refractivity contribution >= 4 is 6.29 Å². The van der Waals surface area contributed by atoms with Gasteiger partial charge in [-0.25, -0.2) is 0 Å². The minimum Gasteiger partial charge on any atom is -0.303 e. The van der Waals surface area contributed by atoms with E-state index >= 15 is 0 Å². The molecular weight excluding hydrogens is 269 g/mol. The molecule has 1 rings (SSSR count). The van der Waals surface area contributed by atoms with Crippen LogP contribution in [0.5, 0.6) is 0 Å². The minimum absolute atomic E-state index is 0.0218. The van der Waals surface area contributed by atoms with Crippen molar-refractivity contribution in [2.45, 2.75) is 51.1 Å². The summed E-state index contributed by atoms with van der Waals surface area (Å²) in [4.78, 5) is 10.8. The maximum Gasteiger partial charge on any atom is 0.389 e. The van der Waals surface area contributed by atoms with Gasteiger partial charge in [0.15, 0.2) is 0 Å². The number of carbonyl (C=O) groups excluding carboxylic acids is 1. The van der Waals surface area contributed by atoms with Gasteiger partial charge in [-0.15, -0.1) is 0 Å². The van der Waals surface area contributed by atoms with Crippen molar-refractivity contribution < 1.29 is 18.0 Å². The predicted octanol–water partition coefficient (Wildman–Crippen LogP) is 3.76. The second-order valence-corrected chi connectivity index (χ2v) is 5.55. The van der Waals surface area contributed by atoms with Gasteiger partial charge in [0, 0.05) is 12.3 Å². The minimum atomic E-state index is -4.36. The summed E-state index contributed by atoms with van der Waals surface area (Å²) in [6.45, 7) is 0. The van der Waals surface area contributed by atoms with E-state index in [1.807, 2.05) is 0 Å². The molecule has 0 amide bonds. The Hall–Kier alpha value is -1.56. The molecule has 0 N–H and O–H groups in total. The first-order chi connectivity index (χ1) is 9.34. The molecule has 0 aromatic carbocycles. The molecule has 1 aliphatic rings. The highest BCUT2D eigenvalue weighted by Gasteiger charge is 2.39. The van der Waals surface area contributed by atoms with E-state index in [0.717, 1.165) is 25.5 Å². The van der Waals surface area contributed by atoms with Crippen molar-refractivity contribution in [3.63, 3.8) is 0 Å². The van der Waals surface area contributed by atoms with Crippen LogP contribution in [-0.4, -0.2) is 12.5 Å². The van der Waals surface area contributed by atoms with E-state index in [2.05, 4.69) is 0 Å². The number of aldehydes is 1. The summed E-state index contributed by atoms with van der Waals surface area (Å²) in [6, 6.07) is 3.54. The molecule has 20 heavy (non-hydrogen) atoms. The number of carbonyl (C=O) groups is 1. The first-order valence-corrected chi connectivity index (χ1v) is 6.69. The van der Waals surface area contributed by atoms with E-state index in [0.29, 0.717) is 6.42 Å². The van der Waals surface area contributed by atoms with E-state index in [4.69, 9.17) is 10.5 Å². The zero-order valence-corrected chi connectivity index (χ0v) is 11.1. The average molecular weight is 286 g/mol. The van der Waals surface area contributed by atoms with Crippen LogP contribution in [0.1, 0.15) is 44.9 Å². The molecule has 0 aromatic heterocycles. The molecule has 0 heterocycles. The highest BCUT2D eigenvalue weighted by atomic mass is 19.4. The molecule has 1 saturated carbocycles. The molecule has 0 radical (unpaired) electrons. The molecule has 0 bridgehead atoms. The van der Waals surface area contributed by atoms with Gasteiger partial charge in [-0.3, -0.25) is 0 Å². The number of hydrogen-bond acceptors (Lipinski definition) is 3. The van der Waals surface area contributed by atoms with Crippen molar-refractivity contribution in [3.05, 3.63) is 0 Å². The van der Waals surface area contributed by atoms with Crippen LogP contribution >= 0.6 is 0 Å². The fraction of sp³-hybridized carbons (Fsp3) is 0.786. The van der Waals surface area contributed by atoms with Crippen LogP contribution in [0.25, 0.3) is 0 Å². The lowest BCUT2D eigenvalue weighted by atomic mass is 9.71. The van der Waals surface area contributed by atoms with Crippen LogP contribution in [-0.2, 0) is 4.79 Å². The lowest BCUT2D eigenvalue weighted by molar-refractivity contribution is -0.138. The Kier molecular flexibility index (Phi) is 5.56. The third-order valence-corrected chi connectivity index (χ3v) is 3.92. The Bertz CT molecular complexity index is 406. The Morgan fingerprint density at radius 1 is 1.15 bits per heavy atom. The first-order valence-electron chi connectivity index (χ1n) is 6.69.